The number of aromatic nitrogens is 2. The Morgan fingerprint density at radius 1 is 1.26 bits per heavy atom. The fourth-order valence-corrected chi connectivity index (χ4v) is 2.66. The molecule has 10 heteroatoms. The third kappa shape index (κ3) is 2.16. The Morgan fingerprint density at radius 3 is 2.61 bits per heavy atom. The molecule has 23 heavy (non-hydrogen) atoms. The van der Waals surface area contributed by atoms with Crippen molar-refractivity contribution < 1.29 is 14.6 Å². The molecule has 3 N–H and O–H groups in total. The first-order chi connectivity index (χ1) is 10.9. The van der Waals surface area contributed by atoms with Crippen LogP contribution in [0.4, 0.5) is 5.69 Å². The number of ether oxygens (including phenoxy) is 1. The minimum absolute atomic E-state index is 0.0775. The van der Waals surface area contributed by atoms with Gasteiger partial charge in [0.05, 0.1) is 15.4 Å². The quantitative estimate of drug-likeness (QED) is 0.643. The maximum atomic E-state index is 11.5. The van der Waals surface area contributed by atoms with E-state index in [0.29, 0.717) is 11.3 Å². The van der Waals surface area contributed by atoms with Crippen LogP contribution in [0.15, 0.2) is 35.8 Å². The highest BCUT2D eigenvalue weighted by molar-refractivity contribution is 5.55. The molecule has 0 aliphatic carbocycles. The second-order valence-electron chi connectivity index (χ2n) is 4.93. The number of nitrogens with one attached hydrogen (secondary N) is 1. The molecule has 10 nitrogen and oxygen atoms in total. The molecule has 1 atom stereocenters. The monoisotopic (exact) mass is 317 g/mol. The molecule has 1 aliphatic heterocycles. The maximum absolute atomic E-state index is 11.5. The number of rotatable bonds is 3. The summed E-state index contributed by atoms with van der Waals surface area (Å²) in [6.45, 7) is 1.65. The standard InChI is InChI=1S/C13H11N5O5/c1-6-9-10(7-4-2-3-5-8(7)17(19)20)11(18(21)22)12(14)23-13(9)16-15-6/h2-5,10H,14H2,1H3,(H,15,16)/t10-/m1/s1. The molecule has 0 unspecified atom stereocenters. The van der Waals surface area contributed by atoms with Gasteiger partial charge in [-0.3, -0.25) is 25.3 Å². The highest BCUT2D eigenvalue weighted by Crippen LogP contribution is 2.45. The van der Waals surface area contributed by atoms with Crippen molar-refractivity contribution in [3.05, 3.63) is 72.9 Å². The molecular weight excluding hydrogens is 306 g/mol. The van der Waals surface area contributed by atoms with E-state index in [9.17, 15) is 20.2 Å². The molecule has 1 aliphatic rings. The van der Waals surface area contributed by atoms with Gasteiger partial charge in [-0.15, -0.1) is 5.10 Å². The van der Waals surface area contributed by atoms with Gasteiger partial charge in [0.25, 0.3) is 11.6 Å². The van der Waals surface area contributed by atoms with E-state index in [1.165, 1.54) is 18.2 Å². The number of nitro benzene ring substituents is 1. The van der Waals surface area contributed by atoms with E-state index in [4.69, 9.17) is 10.5 Å². The van der Waals surface area contributed by atoms with Crippen LogP contribution in [0, 0.1) is 27.2 Å². The molecule has 0 saturated carbocycles. The number of allylic oxidation sites excluding steroid dienone is 1. The predicted octanol–water partition coefficient (Wildman–Crippen LogP) is 1.56. The molecule has 0 radical (unpaired) electrons. The average molecular weight is 317 g/mol. The zero-order valence-electron chi connectivity index (χ0n) is 11.8. The minimum atomic E-state index is -1.05. The second-order valence-corrected chi connectivity index (χ2v) is 4.93. The van der Waals surface area contributed by atoms with Gasteiger partial charge >= 0.3 is 5.70 Å². The SMILES string of the molecule is Cc1[nH]nc2c1[C@@H](c1ccccc1[N+](=O)[O-])C([N+](=O)[O-])=C(N)O2. The van der Waals surface area contributed by atoms with E-state index >= 15 is 0 Å². The first-order valence-corrected chi connectivity index (χ1v) is 6.52. The number of benzene rings is 1. The molecule has 0 amide bonds. The number of fused-ring (bicyclic) bond motifs is 1. The Bertz CT molecular complexity index is 856. The lowest BCUT2D eigenvalue weighted by molar-refractivity contribution is -0.433. The molecule has 3 rings (SSSR count). The Hall–Kier alpha value is -3.43. The van der Waals surface area contributed by atoms with Crippen molar-refractivity contribution in [1.82, 2.24) is 10.2 Å². The molecule has 2 heterocycles. The number of aryl methyl sites for hydroxylation is 1. The van der Waals surface area contributed by atoms with Gasteiger partial charge < -0.3 is 10.5 Å². The van der Waals surface area contributed by atoms with Crippen LogP contribution in [0.3, 0.4) is 0 Å². The number of nitro groups is 2. The lowest BCUT2D eigenvalue weighted by Crippen LogP contribution is -2.26. The Morgan fingerprint density at radius 2 is 1.96 bits per heavy atom. The molecule has 1 aromatic heterocycles. The van der Waals surface area contributed by atoms with E-state index < -0.39 is 27.3 Å². The number of para-hydroxylation sites is 1. The van der Waals surface area contributed by atoms with Crippen LogP contribution < -0.4 is 10.5 Å². The zero-order chi connectivity index (χ0) is 16.7. The van der Waals surface area contributed by atoms with Crippen LogP contribution in [-0.4, -0.2) is 20.0 Å². The second kappa shape index (κ2) is 5.09. The highest BCUT2D eigenvalue weighted by Gasteiger charge is 2.44. The average Bonchev–Trinajstić information content (AvgIpc) is 2.86. The Kier molecular flexibility index (Phi) is 3.21. The number of nitrogens with two attached hydrogens (primary N) is 1. The van der Waals surface area contributed by atoms with Gasteiger partial charge in [0.1, 0.15) is 5.92 Å². The number of hydrogen-bond donors (Lipinski definition) is 2. The van der Waals surface area contributed by atoms with Crippen molar-refractivity contribution in [1.29, 1.82) is 0 Å². The minimum Gasteiger partial charge on any atom is -0.415 e. The van der Waals surface area contributed by atoms with Gasteiger partial charge in [-0.05, 0) is 6.92 Å². The van der Waals surface area contributed by atoms with E-state index in [-0.39, 0.29) is 17.1 Å². The summed E-state index contributed by atoms with van der Waals surface area (Å²) in [5.74, 6) is -1.40. The van der Waals surface area contributed by atoms with Crippen LogP contribution in [0.5, 0.6) is 5.88 Å². The number of hydrogen-bond acceptors (Lipinski definition) is 7. The number of aromatic amines is 1. The number of H-pyrrole nitrogens is 1. The molecule has 0 spiro atoms. The molecule has 0 saturated heterocycles. The summed E-state index contributed by atoms with van der Waals surface area (Å²) in [5.41, 5.74) is 5.99. The van der Waals surface area contributed by atoms with Crippen molar-refractivity contribution in [2.75, 3.05) is 0 Å². The molecule has 2 aromatic rings. The summed E-state index contributed by atoms with van der Waals surface area (Å²) < 4.78 is 5.18. The Balaban J connectivity index is 2.32. The van der Waals surface area contributed by atoms with E-state index in [1.807, 2.05) is 0 Å². The van der Waals surface area contributed by atoms with Crippen molar-refractivity contribution in [2.24, 2.45) is 5.73 Å². The van der Waals surface area contributed by atoms with Gasteiger partial charge in [0.2, 0.25) is 5.88 Å². The van der Waals surface area contributed by atoms with Crippen molar-refractivity contribution >= 4 is 5.69 Å². The summed E-state index contributed by atoms with van der Waals surface area (Å²) in [6, 6.07) is 5.80. The first-order valence-electron chi connectivity index (χ1n) is 6.52. The lowest BCUT2D eigenvalue weighted by atomic mass is 9.86. The van der Waals surface area contributed by atoms with E-state index in [1.54, 1.807) is 13.0 Å². The molecule has 0 fully saturated rings. The summed E-state index contributed by atoms with van der Waals surface area (Å²) in [7, 11) is 0. The smallest absolute Gasteiger partial charge is 0.317 e. The fraction of sp³-hybridized carbons (Fsp3) is 0.154. The highest BCUT2D eigenvalue weighted by atomic mass is 16.6. The third-order valence-electron chi connectivity index (χ3n) is 3.62. The van der Waals surface area contributed by atoms with Gasteiger partial charge in [-0.2, -0.15) is 0 Å². The normalized spacial score (nSPS) is 16.7. The van der Waals surface area contributed by atoms with Crippen LogP contribution in [0.1, 0.15) is 22.7 Å². The predicted molar refractivity (Wildman–Crippen MR) is 77.1 cm³/mol. The molecule has 0 bridgehead atoms. The molecule has 118 valence electrons. The maximum Gasteiger partial charge on any atom is 0.317 e. The van der Waals surface area contributed by atoms with Crippen LogP contribution in [-0.2, 0) is 0 Å². The number of nitrogens with zero attached hydrogens (tertiary/aromatic N) is 3. The lowest BCUT2D eigenvalue weighted by Gasteiger charge is -2.21. The zero-order valence-corrected chi connectivity index (χ0v) is 11.8. The van der Waals surface area contributed by atoms with Crippen LogP contribution in [0.25, 0.3) is 0 Å². The topological polar surface area (TPSA) is 150 Å². The van der Waals surface area contributed by atoms with E-state index in [0.717, 1.165) is 0 Å². The molecular formula is C13H11N5O5. The van der Waals surface area contributed by atoms with Crippen LogP contribution >= 0.6 is 0 Å². The van der Waals surface area contributed by atoms with Gasteiger partial charge in [-0.1, -0.05) is 18.2 Å². The summed E-state index contributed by atoms with van der Waals surface area (Å²) >= 11 is 0. The summed E-state index contributed by atoms with van der Waals surface area (Å²) in [4.78, 5) is 21.5. The van der Waals surface area contributed by atoms with Gasteiger partial charge in [0.15, 0.2) is 0 Å². The summed E-state index contributed by atoms with van der Waals surface area (Å²) in [5, 5.41) is 29.3. The molecule has 1 aromatic carbocycles. The van der Waals surface area contributed by atoms with E-state index in [2.05, 4.69) is 10.2 Å². The first kappa shape index (κ1) is 14.5. The fourth-order valence-electron chi connectivity index (χ4n) is 2.66. The summed E-state index contributed by atoms with van der Waals surface area (Å²) in [6.07, 6.45) is 0. The Labute approximate surface area is 128 Å². The third-order valence-corrected chi connectivity index (χ3v) is 3.62. The van der Waals surface area contributed by atoms with Crippen molar-refractivity contribution in [3.63, 3.8) is 0 Å². The van der Waals surface area contributed by atoms with Crippen molar-refractivity contribution in [3.8, 4) is 5.88 Å². The van der Waals surface area contributed by atoms with Crippen molar-refractivity contribution in [2.45, 2.75) is 12.8 Å². The van der Waals surface area contributed by atoms with Crippen LogP contribution in [0.2, 0.25) is 0 Å². The van der Waals surface area contributed by atoms with Gasteiger partial charge in [0, 0.05) is 17.3 Å². The largest absolute Gasteiger partial charge is 0.415 e. The van der Waals surface area contributed by atoms with Gasteiger partial charge in [-0.25, -0.2) is 0 Å².